The van der Waals surface area contributed by atoms with Gasteiger partial charge in [0.05, 0.1) is 5.92 Å². The van der Waals surface area contributed by atoms with Crippen LogP contribution in [0.2, 0.25) is 5.02 Å². The fraction of sp³-hybridized carbons (Fsp3) is 0.316. The number of carboxylic acid groups (broad SMARTS) is 1. The largest absolute Gasteiger partial charge is 0.481 e. The third kappa shape index (κ3) is 2.02. The molecule has 2 fully saturated rings. The van der Waals surface area contributed by atoms with Gasteiger partial charge in [0, 0.05) is 47.1 Å². The third-order valence-corrected chi connectivity index (χ3v) is 5.68. The van der Waals surface area contributed by atoms with Crippen molar-refractivity contribution in [3.05, 3.63) is 53.1 Å². The molecule has 1 saturated heterocycles. The molecule has 0 amide bonds. The number of carbonyl (C=O) groups is 1. The van der Waals surface area contributed by atoms with Gasteiger partial charge >= 0.3 is 5.97 Å². The lowest BCUT2D eigenvalue weighted by molar-refractivity contribution is -0.142. The number of nitrogens with zero attached hydrogens (tertiary/aromatic N) is 2. The minimum atomic E-state index is -0.700. The molecule has 2 aromatic rings. The Morgan fingerprint density at radius 1 is 1.12 bits per heavy atom. The predicted molar refractivity (Wildman–Crippen MR) is 94.5 cm³/mol. The van der Waals surface area contributed by atoms with Crippen LogP contribution >= 0.6 is 11.6 Å². The normalized spacial score (nSPS) is 24.4. The standard InChI is InChI=1S/C19H17ClN2O2/c20-12-4-5-17-15(6-12)16-8-18(16)22(17)14-3-1-2-13(7-14)21-9-11(10-21)19(23)24/h1-7,11,16,18H,8-10H2,(H,23,24). The van der Waals surface area contributed by atoms with Gasteiger partial charge in [-0.25, -0.2) is 0 Å². The molecule has 2 aromatic carbocycles. The Hall–Kier alpha value is -2.20. The van der Waals surface area contributed by atoms with E-state index in [0.29, 0.717) is 25.0 Å². The summed E-state index contributed by atoms with van der Waals surface area (Å²) in [5.74, 6) is -0.340. The number of rotatable bonds is 3. The first kappa shape index (κ1) is 14.2. The van der Waals surface area contributed by atoms with Gasteiger partial charge in [-0.2, -0.15) is 0 Å². The quantitative estimate of drug-likeness (QED) is 0.921. The highest BCUT2D eigenvalue weighted by Gasteiger charge is 2.51. The summed E-state index contributed by atoms with van der Waals surface area (Å²) >= 11 is 6.16. The van der Waals surface area contributed by atoms with Crippen molar-refractivity contribution in [2.75, 3.05) is 22.9 Å². The highest BCUT2D eigenvalue weighted by Crippen LogP contribution is 2.59. The van der Waals surface area contributed by atoms with Crippen molar-refractivity contribution in [1.82, 2.24) is 0 Å². The van der Waals surface area contributed by atoms with Gasteiger partial charge in [-0.1, -0.05) is 17.7 Å². The van der Waals surface area contributed by atoms with Gasteiger partial charge in [0.2, 0.25) is 0 Å². The summed E-state index contributed by atoms with van der Waals surface area (Å²) in [5.41, 5.74) is 4.89. The molecule has 5 rings (SSSR count). The molecule has 0 radical (unpaired) electrons. The number of hydrogen-bond donors (Lipinski definition) is 1. The average Bonchev–Trinajstić information content (AvgIpc) is 3.22. The lowest BCUT2D eigenvalue weighted by Gasteiger charge is -2.39. The molecule has 2 aliphatic heterocycles. The molecule has 24 heavy (non-hydrogen) atoms. The first-order valence-corrected chi connectivity index (χ1v) is 8.66. The van der Waals surface area contributed by atoms with Gasteiger partial charge in [0.25, 0.3) is 0 Å². The van der Waals surface area contributed by atoms with Crippen molar-refractivity contribution in [2.45, 2.75) is 18.4 Å². The Morgan fingerprint density at radius 2 is 1.92 bits per heavy atom. The molecular formula is C19H17ClN2O2. The van der Waals surface area contributed by atoms with Crippen molar-refractivity contribution >= 4 is 34.6 Å². The van der Waals surface area contributed by atoms with Crippen molar-refractivity contribution in [2.24, 2.45) is 5.92 Å². The van der Waals surface area contributed by atoms with Gasteiger partial charge in [0.1, 0.15) is 0 Å². The maximum absolute atomic E-state index is 11.0. The van der Waals surface area contributed by atoms with Gasteiger partial charge in [-0.3, -0.25) is 4.79 Å². The van der Waals surface area contributed by atoms with Gasteiger partial charge < -0.3 is 14.9 Å². The lowest BCUT2D eigenvalue weighted by Crippen LogP contribution is -2.50. The van der Waals surface area contributed by atoms with Gasteiger partial charge in [0.15, 0.2) is 0 Å². The molecule has 1 aliphatic carbocycles. The zero-order chi connectivity index (χ0) is 16.4. The minimum absolute atomic E-state index is 0.240. The van der Waals surface area contributed by atoms with Crippen LogP contribution in [-0.2, 0) is 4.79 Å². The summed E-state index contributed by atoms with van der Waals surface area (Å²) in [7, 11) is 0. The van der Waals surface area contributed by atoms with Crippen LogP contribution in [0, 0.1) is 5.92 Å². The zero-order valence-electron chi connectivity index (χ0n) is 13.0. The molecule has 2 heterocycles. The molecule has 0 spiro atoms. The van der Waals surface area contributed by atoms with Gasteiger partial charge in [-0.15, -0.1) is 0 Å². The third-order valence-electron chi connectivity index (χ3n) is 5.44. The Labute approximate surface area is 145 Å². The molecule has 0 aromatic heterocycles. The average molecular weight is 341 g/mol. The molecule has 0 bridgehead atoms. The highest BCUT2D eigenvalue weighted by molar-refractivity contribution is 6.30. The van der Waals surface area contributed by atoms with Crippen LogP contribution in [0.1, 0.15) is 17.9 Å². The molecule has 5 heteroatoms. The van der Waals surface area contributed by atoms with Crippen LogP contribution in [-0.4, -0.2) is 30.2 Å². The molecule has 4 nitrogen and oxygen atoms in total. The molecule has 2 atom stereocenters. The van der Waals surface area contributed by atoms with E-state index in [9.17, 15) is 4.79 Å². The van der Waals surface area contributed by atoms with E-state index in [-0.39, 0.29) is 5.92 Å². The Morgan fingerprint density at radius 3 is 2.71 bits per heavy atom. The first-order valence-electron chi connectivity index (χ1n) is 8.28. The van der Waals surface area contributed by atoms with Crippen molar-refractivity contribution < 1.29 is 9.90 Å². The van der Waals surface area contributed by atoms with Crippen molar-refractivity contribution in [3.8, 4) is 0 Å². The van der Waals surface area contributed by atoms with E-state index in [4.69, 9.17) is 16.7 Å². The van der Waals surface area contributed by atoms with Crippen molar-refractivity contribution in [1.29, 1.82) is 0 Å². The van der Waals surface area contributed by atoms with Crippen molar-refractivity contribution in [3.63, 3.8) is 0 Å². The summed E-state index contributed by atoms with van der Waals surface area (Å²) < 4.78 is 0. The van der Waals surface area contributed by atoms with Crippen LogP contribution in [0.25, 0.3) is 0 Å². The highest BCUT2D eigenvalue weighted by atomic mass is 35.5. The fourth-order valence-electron chi connectivity index (χ4n) is 4.04. The second-order valence-corrected chi connectivity index (χ2v) is 7.38. The Kier molecular flexibility index (Phi) is 2.89. The number of fused-ring (bicyclic) bond motifs is 3. The summed E-state index contributed by atoms with van der Waals surface area (Å²) in [6.07, 6.45) is 1.18. The molecule has 122 valence electrons. The fourth-order valence-corrected chi connectivity index (χ4v) is 4.22. The van der Waals surface area contributed by atoms with Crippen LogP contribution < -0.4 is 9.80 Å². The van der Waals surface area contributed by atoms with E-state index in [1.807, 2.05) is 6.07 Å². The summed E-state index contributed by atoms with van der Waals surface area (Å²) in [5, 5.41) is 9.85. The minimum Gasteiger partial charge on any atom is -0.481 e. The van der Waals surface area contributed by atoms with Crippen LogP contribution in [0.4, 0.5) is 17.1 Å². The number of hydrogen-bond acceptors (Lipinski definition) is 3. The maximum atomic E-state index is 11.0. The van der Waals surface area contributed by atoms with Crippen LogP contribution in [0.15, 0.2) is 42.5 Å². The monoisotopic (exact) mass is 340 g/mol. The Balaban J connectivity index is 1.45. The molecular weight excluding hydrogens is 324 g/mol. The topological polar surface area (TPSA) is 43.8 Å². The van der Waals surface area contributed by atoms with Gasteiger partial charge in [-0.05, 0) is 48.4 Å². The van der Waals surface area contributed by atoms with E-state index >= 15 is 0 Å². The van der Waals surface area contributed by atoms with E-state index < -0.39 is 5.97 Å². The summed E-state index contributed by atoms with van der Waals surface area (Å²) in [6.45, 7) is 1.19. The first-order chi connectivity index (χ1) is 11.6. The van der Waals surface area contributed by atoms with E-state index in [2.05, 4.69) is 46.2 Å². The van der Waals surface area contributed by atoms with E-state index in [1.165, 1.54) is 23.4 Å². The maximum Gasteiger partial charge on any atom is 0.310 e. The zero-order valence-corrected chi connectivity index (χ0v) is 13.8. The van der Waals surface area contributed by atoms with Crippen LogP contribution in [0.3, 0.4) is 0 Å². The summed E-state index contributed by atoms with van der Waals surface area (Å²) in [4.78, 5) is 15.5. The predicted octanol–water partition coefficient (Wildman–Crippen LogP) is 3.87. The van der Waals surface area contributed by atoms with E-state index in [1.54, 1.807) is 0 Å². The number of carboxylic acids is 1. The summed E-state index contributed by atoms with van der Waals surface area (Å²) in [6, 6.07) is 15.1. The lowest BCUT2D eigenvalue weighted by atomic mass is 9.99. The number of anilines is 3. The molecule has 1 N–H and O–H groups in total. The Bertz CT molecular complexity index is 847. The number of benzene rings is 2. The van der Waals surface area contributed by atoms with E-state index in [0.717, 1.165) is 10.7 Å². The smallest absolute Gasteiger partial charge is 0.310 e. The van der Waals surface area contributed by atoms with Crippen LogP contribution in [0.5, 0.6) is 0 Å². The number of halogens is 1. The molecule has 1 saturated carbocycles. The number of aliphatic carboxylic acids is 1. The second-order valence-electron chi connectivity index (χ2n) is 6.94. The molecule has 2 unspecified atom stereocenters. The second kappa shape index (κ2) is 4.90. The SMILES string of the molecule is O=C(O)C1CN(c2cccc(N3c4ccc(Cl)cc4C4CC43)c2)C1. The molecule has 3 aliphatic rings.